The number of fused-ring (bicyclic) bond motifs is 1. The first-order valence-corrected chi connectivity index (χ1v) is 8.71. The number of carbonyl (C=O) groups excluding carboxylic acids is 1. The number of aryl methyl sites for hydroxylation is 1. The highest BCUT2D eigenvalue weighted by atomic mass is 16.5. The summed E-state index contributed by atoms with van der Waals surface area (Å²) in [4.78, 5) is 20.8. The van der Waals surface area contributed by atoms with Gasteiger partial charge in [0.25, 0.3) is 5.91 Å². The van der Waals surface area contributed by atoms with E-state index < -0.39 is 0 Å². The maximum atomic E-state index is 12.3. The van der Waals surface area contributed by atoms with Gasteiger partial charge in [-0.2, -0.15) is 5.10 Å². The average molecular weight is 378 g/mol. The van der Waals surface area contributed by atoms with Crippen LogP contribution < -0.4 is 10.1 Å². The van der Waals surface area contributed by atoms with E-state index in [1.54, 1.807) is 26.1 Å². The predicted molar refractivity (Wildman–Crippen MR) is 99.6 cm³/mol. The number of pyridine rings is 1. The molecule has 9 heteroatoms. The van der Waals surface area contributed by atoms with Crippen LogP contribution in [0.15, 0.2) is 47.1 Å². The van der Waals surface area contributed by atoms with Crippen LogP contribution in [-0.4, -0.2) is 31.2 Å². The number of benzene rings is 1. The van der Waals surface area contributed by atoms with Gasteiger partial charge in [0.1, 0.15) is 18.2 Å². The molecule has 9 nitrogen and oxygen atoms in total. The maximum absolute atomic E-state index is 12.3. The number of nitrogens with zero attached hydrogens (tertiary/aromatic N) is 4. The molecule has 4 rings (SSSR count). The van der Waals surface area contributed by atoms with Crippen LogP contribution in [0.5, 0.6) is 5.75 Å². The first-order chi connectivity index (χ1) is 13.6. The second-order valence-corrected chi connectivity index (χ2v) is 6.30. The number of H-pyrrole nitrogens is 1. The molecule has 2 N–H and O–H groups in total. The van der Waals surface area contributed by atoms with E-state index >= 15 is 0 Å². The topological polar surface area (TPSA) is 119 Å². The van der Waals surface area contributed by atoms with Gasteiger partial charge >= 0.3 is 0 Å². The Bertz CT molecular complexity index is 1120. The van der Waals surface area contributed by atoms with Crippen molar-refractivity contribution in [3.63, 3.8) is 0 Å². The number of nitrogens with one attached hydrogen (secondary N) is 2. The highest BCUT2D eigenvalue weighted by Crippen LogP contribution is 2.20. The fourth-order valence-electron chi connectivity index (χ4n) is 2.67. The summed E-state index contributed by atoms with van der Waals surface area (Å²) in [5, 5.41) is 14.3. The molecule has 0 fully saturated rings. The number of hydrogen-bond donors (Lipinski definition) is 2. The molecule has 0 spiro atoms. The molecule has 0 saturated heterocycles. The van der Waals surface area contributed by atoms with E-state index in [9.17, 15) is 4.79 Å². The molecule has 0 unspecified atom stereocenters. The quantitative estimate of drug-likeness (QED) is 0.529. The summed E-state index contributed by atoms with van der Waals surface area (Å²) in [6, 6.07) is 10.6. The van der Waals surface area contributed by atoms with Gasteiger partial charge in [-0.15, -0.1) is 0 Å². The van der Waals surface area contributed by atoms with Crippen LogP contribution in [0, 0.1) is 6.92 Å². The summed E-state index contributed by atoms with van der Waals surface area (Å²) < 4.78 is 10.9. The minimum Gasteiger partial charge on any atom is -0.486 e. The van der Waals surface area contributed by atoms with E-state index in [2.05, 4.69) is 30.6 Å². The number of aromatic nitrogens is 5. The Morgan fingerprint density at radius 1 is 1.32 bits per heavy atom. The van der Waals surface area contributed by atoms with Crippen molar-refractivity contribution in [3.05, 3.63) is 65.7 Å². The molecule has 3 heterocycles. The Hall–Kier alpha value is -3.75. The smallest absolute Gasteiger partial charge is 0.274 e. The lowest BCUT2D eigenvalue weighted by Crippen LogP contribution is -2.27. The molecule has 0 bridgehead atoms. The van der Waals surface area contributed by atoms with Gasteiger partial charge in [0.05, 0.1) is 11.6 Å². The Balaban J connectivity index is 1.37. The van der Waals surface area contributed by atoms with Crippen LogP contribution in [0.2, 0.25) is 0 Å². The molecule has 1 atom stereocenters. The number of hydrogen-bond acceptors (Lipinski definition) is 7. The van der Waals surface area contributed by atoms with E-state index in [0.717, 1.165) is 10.9 Å². The summed E-state index contributed by atoms with van der Waals surface area (Å²) in [6.07, 6.45) is 1.74. The van der Waals surface area contributed by atoms with Crippen molar-refractivity contribution in [1.82, 2.24) is 30.6 Å². The van der Waals surface area contributed by atoms with Crippen molar-refractivity contribution >= 4 is 16.8 Å². The lowest BCUT2D eigenvalue weighted by Gasteiger charge is -2.08. The molecule has 142 valence electrons. The van der Waals surface area contributed by atoms with Crippen molar-refractivity contribution in [2.45, 2.75) is 26.5 Å². The fourth-order valence-corrected chi connectivity index (χ4v) is 2.67. The SMILES string of the molecule is Cc1nc([C@H](C)NC(=O)c2cc(COc3ccc4ncccc4c3)on2)n[nH]1. The molecule has 3 aromatic heterocycles. The zero-order chi connectivity index (χ0) is 19.5. The second kappa shape index (κ2) is 7.47. The summed E-state index contributed by atoms with van der Waals surface area (Å²) >= 11 is 0. The number of ether oxygens (including phenoxy) is 1. The highest BCUT2D eigenvalue weighted by molar-refractivity contribution is 5.92. The van der Waals surface area contributed by atoms with Crippen molar-refractivity contribution < 1.29 is 14.1 Å². The van der Waals surface area contributed by atoms with Gasteiger partial charge in [-0.1, -0.05) is 11.2 Å². The minimum absolute atomic E-state index is 0.154. The molecule has 1 aromatic carbocycles. The first kappa shape index (κ1) is 17.7. The van der Waals surface area contributed by atoms with Gasteiger partial charge in [0.15, 0.2) is 17.3 Å². The summed E-state index contributed by atoms with van der Waals surface area (Å²) in [5.41, 5.74) is 1.06. The van der Waals surface area contributed by atoms with Crippen molar-refractivity contribution in [2.75, 3.05) is 0 Å². The summed E-state index contributed by atoms with van der Waals surface area (Å²) in [7, 11) is 0. The largest absolute Gasteiger partial charge is 0.486 e. The molecule has 0 aliphatic rings. The van der Waals surface area contributed by atoms with Crippen LogP contribution in [0.25, 0.3) is 10.9 Å². The fraction of sp³-hybridized carbons (Fsp3) is 0.211. The number of aromatic amines is 1. The number of amides is 1. The van der Waals surface area contributed by atoms with Gasteiger partial charge in [-0.25, -0.2) is 4.98 Å². The van der Waals surface area contributed by atoms with Gasteiger partial charge in [-0.05, 0) is 38.1 Å². The van der Waals surface area contributed by atoms with E-state index in [-0.39, 0.29) is 24.2 Å². The number of rotatable bonds is 6. The minimum atomic E-state index is -0.373. The van der Waals surface area contributed by atoms with Crippen LogP contribution in [0.4, 0.5) is 0 Å². The second-order valence-electron chi connectivity index (χ2n) is 6.30. The third-order valence-electron chi connectivity index (χ3n) is 4.10. The van der Waals surface area contributed by atoms with Gasteiger partial charge in [0, 0.05) is 17.6 Å². The van der Waals surface area contributed by atoms with Crippen molar-refractivity contribution in [3.8, 4) is 5.75 Å². The van der Waals surface area contributed by atoms with Gasteiger partial charge in [-0.3, -0.25) is 14.9 Å². The Morgan fingerprint density at radius 2 is 2.21 bits per heavy atom. The molecule has 0 aliphatic carbocycles. The average Bonchev–Trinajstić information content (AvgIpc) is 3.35. The predicted octanol–water partition coefficient (Wildman–Crippen LogP) is 2.72. The Morgan fingerprint density at radius 3 is 3.04 bits per heavy atom. The van der Waals surface area contributed by atoms with Crippen LogP contribution in [0.1, 0.15) is 40.9 Å². The summed E-state index contributed by atoms with van der Waals surface area (Å²) in [6.45, 7) is 3.74. The van der Waals surface area contributed by atoms with Gasteiger partial charge in [0.2, 0.25) is 0 Å². The first-order valence-electron chi connectivity index (χ1n) is 8.71. The molecule has 0 aliphatic heterocycles. The van der Waals surface area contributed by atoms with Gasteiger partial charge < -0.3 is 14.6 Å². The monoisotopic (exact) mass is 378 g/mol. The van der Waals surface area contributed by atoms with E-state index in [0.29, 0.717) is 23.2 Å². The van der Waals surface area contributed by atoms with Crippen LogP contribution in [0.3, 0.4) is 0 Å². The Kier molecular flexibility index (Phi) is 4.71. The molecule has 4 aromatic rings. The number of carbonyl (C=O) groups is 1. The molecular weight excluding hydrogens is 360 g/mol. The third kappa shape index (κ3) is 3.83. The molecule has 0 radical (unpaired) electrons. The molecule has 0 saturated carbocycles. The molecular formula is C19H18N6O3. The van der Waals surface area contributed by atoms with E-state index in [1.165, 1.54) is 0 Å². The third-order valence-corrected chi connectivity index (χ3v) is 4.10. The lowest BCUT2D eigenvalue weighted by atomic mass is 10.2. The zero-order valence-electron chi connectivity index (χ0n) is 15.3. The molecule has 1 amide bonds. The van der Waals surface area contributed by atoms with E-state index in [4.69, 9.17) is 9.26 Å². The maximum Gasteiger partial charge on any atom is 0.274 e. The lowest BCUT2D eigenvalue weighted by molar-refractivity contribution is 0.0929. The normalized spacial score (nSPS) is 12.1. The van der Waals surface area contributed by atoms with Crippen molar-refractivity contribution in [1.29, 1.82) is 0 Å². The molecule has 28 heavy (non-hydrogen) atoms. The van der Waals surface area contributed by atoms with Crippen molar-refractivity contribution in [2.24, 2.45) is 0 Å². The Labute approximate surface area is 160 Å². The zero-order valence-corrected chi connectivity index (χ0v) is 15.3. The summed E-state index contributed by atoms with van der Waals surface area (Å²) in [5.74, 6) is 1.93. The standard InChI is InChI=1S/C19H18N6O3/c1-11(18-22-12(2)23-24-18)21-19(26)17-9-15(28-25-17)10-27-14-5-6-16-13(8-14)4-3-7-20-16/h3-9,11H,10H2,1-2H3,(H,21,26)(H,22,23,24)/t11-/m0/s1. The van der Waals surface area contributed by atoms with E-state index in [1.807, 2.05) is 30.3 Å². The van der Waals surface area contributed by atoms with Crippen LogP contribution >= 0.6 is 0 Å². The highest BCUT2D eigenvalue weighted by Gasteiger charge is 2.18. The van der Waals surface area contributed by atoms with Crippen LogP contribution in [-0.2, 0) is 6.61 Å².